The minimum Gasteiger partial charge on any atom is -0.487 e. The lowest BCUT2D eigenvalue weighted by atomic mass is 10.1. The van der Waals surface area contributed by atoms with E-state index in [2.05, 4.69) is 12.0 Å². The molecule has 1 heterocycles. The topological polar surface area (TPSA) is 64.3 Å². The Morgan fingerprint density at radius 1 is 1.40 bits per heavy atom. The summed E-state index contributed by atoms with van der Waals surface area (Å²) in [5.74, 6) is -0.177. The van der Waals surface area contributed by atoms with Crippen molar-refractivity contribution in [1.82, 2.24) is 9.78 Å². The smallest absolute Gasteiger partial charge is 0.307 e. The molecule has 0 saturated carbocycles. The first-order valence-corrected chi connectivity index (χ1v) is 6.53. The number of nitrogens with zero attached hydrogens (tertiary/aromatic N) is 2. The van der Waals surface area contributed by atoms with Crippen LogP contribution < -0.4 is 4.74 Å². The van der Waals surface area contributed by atoms with Crippen LogP contribution in [0.15, 0.2) is 30.3 Å². The lowest BCUT2D eigenvalue weighted by Crippen LogP contribution is -2.04. The molecule has 0 bridgehead atoms. The monoisotopic (exact) mass is 274 g/mol. The zero-order valence-corrected chi connectivity index (χ0v) is 11.7. The van der Waals surface area contributed by atoms with Crippen molar-refractivity contribution in [3.05, 3.63) is 47.3 Å². The van der Waals surface area contributed by atoms with Gasteiger partial charge >= 0.3 is 5.97 Å². The molecule has 5 nitrogen and oxygen atoms in total. The van der Waals surface area contributed by atoms with E-state index in [-0.39, 0.29) is 6.42 Å². The number of aryl methyl sites for hydroxylation is 2. The average molecular weight is 274 g/mol. The van der Waals surface area contributed by atoms with E-state index in [0.29, 0.717) is 12.4 Å². The Morgan fingerprint density at radius 3 is 2.85 bits per heavy atom. The Morgan fingerprint density at radius 2 is 2.20 bits per heavy atom. The molecular weight excluding hydrogens is 256 g/mol. The van der Waals surface area contributed by atoms with Gasteiger partial charge in [-0.1, -0.05) is 19.1 Å². The minimum absolute atomic E-state index is 0.00287. The van der Waals surface area contributed by atoms with Crippen molar-refractivity contribution in [2.45, 2.75) is 26.4 Å². The van der Waals surface area contributed by atoms with Crippen LogP contribution in [0.1, 0.15) is 23.9 Å². The molecule has 0 fully saturated rings. The molecule has 0 aliphatic carbocycles. The Balaban J connectivity index is 2.03. The Hall–Kier alpha value is -2.30. The number of rotatable bonds is 6. The zero-order chi connectivity index (χ0) is 14.5. The van der Waals surface area contributed by atoms with E-state index in [1.807, 2.05) is 19.2 Å². The molecule has 1 N–H and O–H groups in total. The van der Waals surface area contributed by atoms with E-state index >= 15 is 0 Å². The van der Waals surface area contributed by atoms with Crippen LogP contribution in [0.3, 0.4) is 0 Å². The van der Waals surface area contributed by atoms with E-state index < -0.39 is 5.97 Å². The summed E-state index contributed by atoms with van der Waals surface area (Å²) in [5.41, 5.74) is 2.76. The fourth-order valence-electron chi connectivity index (χ4n) is 1.96. The van der Waals surface area contributed by atoms with Crippen molar-refractivity contribution < 1.29 is 14.6 Å². The number of hydrogen-bond acceptors (Lipinski definition) is 3. The first-order chi connectivity index (χ1) is 9.58. The Labute approximate surface area is 117 Å². The van der Waals surface area contributed by atoms with Crippen LogP contribution in [0.25, 0.3) is 0 Å². The molecule has 20 heavy (non-hydrogen) atoms. The van der Waals surface area contributed by atoms with E-state index in [4.69, 9.17) is 9.84 Å². The van der Waals surface area contributed by atoms with Crippen LogP contribution in [0, 0.1) is 0 Å². The summed E-state index contributed by atoms with van der Waals surface area (Å²) in [5, 5.41) is 13.1. The van der Waals surface area contributed by atoms with Crippen LogP contribution in [-0.2, 0) is 31.3 Å². The highest BCUT2D eigenvalue weighted by Gasteiger charge is 2.06. The fraction of sp³-hybridized carbons (Fsp3) is 0.333. The maximum absolute atomic E-state index is 10.7. The van der Waals surface area contributed by atoms with Crippen LogP contribution in [0.5, 0.6) is 5.75 Å². The number of ether oxygens (including phenoxy) is 1. The van der Waals surface area contributed by atoms with Gasteiger partial charge in [0.15, 0.2) is 0 Å². The molecule has 2 rings (SSSR count). The second kappa shape index (κ2) is 6.23. The van der Waals surface area contributed by atoms with Crippen molar-refractivity contribution in [1.29, 1.82) is 0 Å². The summed E-state index contributed by atoms with van der Waals surface area (Å²) in [6.07, 6.45) is 0.894. The average Bonchev–Trinajstić information content (AvgIpc) is 2.77. The number of benzene rings is 1. The van der Waals surface area contributed by atoms with Gasteiger partial charge in [-0.05, 0) is 30.2 Å². The van der Waals surface area contributed by atoms with E-state index in [1.165, 1.54) is 0 Å². The highest BCUT2D eigenvalue weighted by molar-refractivity contribution is 5.70. The molecule has 1 aromatic carbocycles. The quantitative estimate of drug-likeness (QED) is 0.877. The second-order valence-corrected chi connectivity index (χ2v) is 4.61. The molecule has 106 valence electrons. The predicted molar refractivity (Wildman–Crippen MR) is 74.7 cm³/mol. The molecule has 0 aliphatic rings. The van der Waals surface area contributed by atoms with Gasteiger partial charge in [-0.25, -0.2) is 0 Å². The van der Waals surface area contributed by atoms with E-state index in [0.717, 1.165) is 23.4 Å². The van der Waals surface area contributed by atoms with Gasteiger partial charge in [-0.15, -0.1) is 0 Å². The van der Waals surface area contributed by atoms with Gasteiger partial charge in [0.2, 0.25) is 0 Å². The maximum atomic E-state index is 10.7. The molecule has 1 aromatic heterocycles. The lowest BCUT2D eigenvalue weighted by Gasteiger charge is -2.07. The van der Waals surface area contributed by atoms with E-state index in [9.17, 15) is 4.79 Å². The second-order valence-electron chi connectivity index (χ2n) is 4.61. The summed E-state index contributed by atoms with van der Waals surface area (Å²) in [4.78, 5) is 10.7. The third kappa shape index (κ3) is 3.60. The lowest BCUT2D eigenvalue weighted by molar-refractivity contribution is -0.136. The summed E-state index contributed by atoms with van der Waals surface area (Å²) >= 11 is 0. The van der Waals surface area contributed by atoms with Gasteiger partial charge in [-0.3, -0.25) is 9.48 Å². The molecule has 0 unspecified atom stereocenters. The molecule has 0 spiro atoms. The van der Waals surface area contributed by atoms with Crippen molar-refractivity contribution in [2.24, 2.45) is 7.05 Å². The van der Waals surface area contributed by atoms with Gasteiger partial charge in [0.1, 0.15) is 12.4 Å². The zero-order valence-electron chi connectivity index (χ0n) is 11.7. The van der Waals surface area contributed by atoms with Gasteiger partial charge in [-0.2, -0.15) is 5.10 Å². The molecule has 2 aromatic rings. The van der Waals surface area contributed by atoms with E-state index in [1.54, 1.807) is 22.9 Å². The van der Waals surface area contributed by atoms with Gasteiger partial charge in [0.25, 0.3) is 0 Å². The van der Waals surface area contributed by atoms with Gasteiger partial charge in [0, 0.05) is 7.05 Å². The fourth-order valence-corrected chi connectivity index (χ4v) is 1.96. The summed E-state index contributed by atoms with van der Waals surface area (Å²) in [6, 6.07) is 9.17. The van der Waals surface area contributed by atoms with Crippen molar-refractivity contribution in [3.8, 4) is 5.75 Å². The normalized spacial score (nSPS) is 10.5. The Kier molecular flexibility index (Phi) is 4.40. The third-order valence-corrected chi connectivity index (χ3v) is 3.03. The third-order valence-electron chi connectivity index (χ3n) is 3.03. The number of carboxylic acids is 1. The number of hydrogen-bond donors (Lipinski definition) is 1. The molecular formula is C15H18N2O3. The number of carbonyl (C=O) groups is 1. The van der Waals surface area contributed by atoms with Crippen molar-refractivity contribution in [2.75, 3.05) is 0 Å². The van der Waals surface area contributed by atoms with Crippen molar-refractivity contribution in [3.63, 3.8) is 0 Å². The molecule has 0 atom stereocenters. The molecule has 0 saturated heterocycles. The number of aromatic nitrogens is 2. The summed E-state index contributed by atoms with van der Waals surface area (Å²) in [7, 11) is 1.89. The van der Waals surface area contributed by atoms with Gasteiger partial charge in [0.05, 0.1) is 17.8 Å². The largest absolute Gasteiger partial charge is 0.487 e. The maximum Gasteiger partial charge on any atom is 0.307 e. The molecule has 0 amide bonds. The van der Waals surface area contributed by atoms with Crippen molar-refractivity contribution >= 4 is 5.97 Å². The first-order valence-electron chi connectivity index (χ1n) is 6.53. The van der Waals surface area contributed by atoms with Crippen LogP contribution in [0.2, 0.25) is 0 Å². The molecule has 0 aliphatic heterocycles. The highest BCUT2D eigenvalue weighted by Crippen LogP contribution is 2.16. The van der Waals surface area contributed by atoms with Crippen LogP contribution in [-0.4, -0.2) is 20.9 Å². The number of carboxylic acid groups (broad SMARTS) is 1. The summed E-state index contributed by atoms with van der Waals surface area (Å²) in [6.45, 7) is 2.47. The standard InChI is InChI=1S/C15H18N2O3/c1-3-12-9-13(17(2)16-12)10-20-14-6-4-5-11(7-14)8-15(18)19/h4-7,9H,3,8,10H2,1-2H3,(H,18,19). The van der Waals surface area contributed by atoms with Crippen LogP contribution in [0.4, 0.5) is 0 Å². The minimum atomic E-state index is -0.846. The Bertz CT molecular complexity index is 605. The van der Waals surface area contributed by atoms with Gasteiger partial charge < -0.3 is 9.84 Å². The first kappa shape index (κ1) is 14.1. The van der Waals surface area contributed by atoms with Crippen LogP contribution >= 0.6 is 0 Å². The molecule has 0 radical (unpaired) electrons. The predicted octanol–water partition coefficient (Wildman–Crippen LogP) is 2.19. The molecule has 5 heteroatoms. The number of aliphatic carboxylic acids is 1. The summed E-state index contributed by atoms with van der Waals surface area (Å²) < 4.78 is 7.50. The highest BCUT2D eigenvalue weighted by atomic mass is 16.5. The SMILES string of the molecule is CCc1cc(COc2cccc(CC(=O)O)c2)n(C)n1.